The summed E-state index contributed by atoms with van der Waals surface area (Å²) in [7, 11) is 3.79. The zero-order chi connectivity index (χ0) is 17.1. The highest BCUT2D eigenvalue weighted by atomic mass is 16.5. The molecule has 2 fully saturated rings. The number of rotatable bonds is 5. The Morgan fingerprint density at radius 2 is 2.08 bits per heavy atom. The topological polar surface area (TPSA) is 72.3 Å². The summed E-state index contributed by atoms with van der Waals surface area (Å²) in [5.41, 5.74) is 0. The summed E-state index contributed by atoms with van der Waals surface area (Å²) in [6, 6.07) is 0. The van der Waals surface area contributed by atoms with Gasteiger partial charge >= 0.3 is 0 Å². The van der Waals surface area contributed by atoms with Crippen LogP contribution in [0.4, 0.5) is 0 Å². The van der Waals surface area contributed by atoms with E-state index in [2.05, 4.69) is 15.5 Å². The molecular formula is C17H29N5O2. The van der Waals surface area contributed by atoms with E-state index in [0.29, 0.717) is 19.1 Å². The van der Waals surface area contributed by atoms with Gasteiger partial charge < -0.3 is 19.5 Å². The van der Waals surface area contributed by atoms with Gasteiger partial charge in [0.15, 0.2) is 5.82 Å². The smallest absolute Gasteiger partial charge is 0.228 e. The lowest BCUT2D eigenvalue weighted by atomic mass is 9.87. The SMILES string of the molecule is Cc1nnc(CN(C)C(=O)[C@@H]2CCO[C@@H]2CC2CCNCC2)n1C. The van der Waals surface area contributed by atoms with Crippen molar-refractivity contribution in [2.24, 2.45) is 18.9 Å². The van der Waals surface area contributed by atoms with Crippen molar-refractivity contribution in [1.29, 1.82) is 0 Å². The first-order valence-electron chi connectivity index (χ1n) is 8.98. The van der Waals surface area contributed by atoms with Crippen molar-refractivity contribution in [1.82, 2.24) is 25.0 Å². The van der Waals surface area contributed by atoms with Crippen LogP contribution < -0.4 is 5.32 Å². The van der Waals surface area contributed by atoms with Crippen LogP contribution in [0.25, 0.3) is 0 Å². The molecule has 0 radical (unpaired) electrons. The first kappa shape index (κ1) is 17.4. The quantitative estimate of drug-likeness (QED) is 0.865. The maximum absolute atomic E-state index is 12.9. The molecule has 0 unspecified atom stereocenters. The van der Waals surface area contributed by atoms with Gasteiger partial charge in [0.1, 0.15) is 5.82 Å². The fourth-order valence-corrected chi connectivity index (χ4v) is 3.77. The second kappa shape index (κ2) is 7.61. The molecule has 1 amide bonds. The molecule has 2 aliphatic rings. The van der Waals surface area contributed by atoms with Gasteiger partial charge in [0.25, 0.3) is 0 Å². The number of hydrogen-bond acceptors (Lipinski definition) is 5. The van der Waals surface area contributed by atoms with Gasteiger partial charge in [-0.2, -0.15) is 0 Å². The minimum Gasteiger partial charge on any atom is -0.377 e. The average Bonchev–Trinajstić information content (AvgIpc) is 3.17. The second-order valence-corrected chi connectivity index (χ2v) is 7.15. The Bertz CT molecular complexity index is 567. The van der Waals surface area contributed by atoms with Gasteiger partial charge in [-0.25, -0.2) is 0 Å². The van der Waals surface area contributed by atoms with Gasteiger partial charge in [-0.1, -0.05) is 0 Å². The number of amides is 1. The number of aromatic nitrogens is 3. The molecule has 2 aliphatic heterocycles. The number of carbonyl (C=O) groups is 1. The molecule has 1 N–H and O–H groups in total. The zero-order valence-electron chi connectivity index (χ0n) is 15.0. The van der Waals surface area contributed by atoms with E-state index >= 15 is 0 Å². The third-order valence-corrected chi connectivity index (χ3v) is 5.49. The molecule has 3 rings (SSSR count). The molecule has 24 heavy (non-hydrogen) atoms. The van der Waals surface area contributed by atoms with E-state index in [1.54, 1.807) is 4.90 Å². The zero-order valence-corrected chi connectivity index (χ0v) is 15.0. The van der Waals surface area contributed by atoms with Gasteiger partial charge in [0, 0.05) is 20.7 Å². The molecule has 1 aromatic heterocycles. The van der Waals surface area contributed by atoms with E-state index in [1.165, 1.54) is 12.8 Å². The Balaban J connectivity index is 1.58. The number of nitrogens with one attached hydrogen (secondary N) is 1. The predicted molar refractivity (Wildman–Crippen MR) is 90.3 cm³/mol. The summed E-state index contributed by atoms with van der Waals surface area (Å²) in [5.74, 6) is 2.51. The molecule has 0 aliphatic carbocycles. The van der Waals surface area contributed by atoms with Crippen LogP contribution in [0.1, 0.15) is 37.3 Å². The van der Waals surface area contributed by atoms with Crippen molar-refractivity contribution in [2.75, 3.05) is 26.7 Å². The average molecular weight is 335 g/mol. The summed E-state index contributed by atoms with van der Waals surface area (Å²) < 4.78 is 7.85. The highest BCUT2D eigenvalue weighted by molar-refractivity contribution is 5.79. The van der Waals surface area contributed by atoms with Crippen molar-refractivity contribution in [2.45, 2.75) is 45.3 Å². The van der Waals surface area contributed by atoms with Crippen molar-refractivity contribution in [3.63, 3.8) is 0 Å². The molecule has 7 heteroatoms. The summed E-state index contributed by atoms with van der Waals surface area (Å²) in [5, 5.41) is 11.6. The standard InChI is InChI=1S/C17H29N5O2/c1-12-19-20-16(22(12)3)11-21(2)17(23)14-6-9-24-15(14)10-13-4-7-18-8-5-13/h13-15,18H,4-11H2,1-3H3/t14-,15-/m1/s1. The van der Waals surface area contributed by atoms with Crippen LogP contribution in [-0.4, -0.2) is 58.4 Å². The number of carbonyl (C=O) groups excluding carboxylic acids is 1. The van der Waals surface area contributed by atoms with Crippen LogP contribution in [0.3, 0.4) is 0 Å². The van der Waals surface area contributed by atoms with Crippen LogP contribution in [0.15, 0.2) is 0 Å². The summed E-state index contributed by atoms with van der Waals surface area (Å²) in [6.45, 7) is 5.27. The lowest BCUT2D eigenvalue weighted by molar-refractivity contribution is -0.137. The largest absolute Gasteiger partial charge is 0.377 e. The van der Waals surface area contributed by atoms with E-state index in [9.17, 15) is 4.79 Å². The molecule has 2 saturated heterocycles. The van der Waals surface area contributed by atoms with Crippen LogP contribution in [0.5, 0.6) is 0 Å². The first-order valence-corrected chi connectivity index (χ1v) is 8.98. The summed E-state index contributed by atoms with van der Waals surface area (Å²) in [6.07, 6.45) is 4.29. The molecule has 0 aromatic carbocycles. The second-order valence-electron chi connectivity index (χ2n) is 7.15. The van der Waals surface area contributed by atoms with Crippen LogP contribution in [0.2, 0.25) is 0 Å². The van der Waals surface area contributed by atoms with Crippen molar-refractivity contribution >= 4 is 5.91 Å². The molecule has 0 bridgehead atoms. The normalized spacial score (nSPS) is 25.1. The molecule has 7 nitrogen and oxygen atoms in total. The highest BCUT2D eigenvalue weighted by Gasteiger charge is 2.37. The maximum Gasteiger partial charge on any atom is 0.228 e. The molecular weight excluding hydrogens is 306 g/mol. The Morgan fingerprint density at radius 3 is 2.75 bits per heavy atom. The first-order chi connectivity index (χ1) is 11.6. The Labute approximate surface area is 143 Å². The van der Waals surface area contributed by atoms with E-state index in [1.807, 2.05) is 25.6 Å². The summed E-state index contributed by atoms with van der Waals surface area (Å²) >= 11 is 0. The van der Waals surface area contributed by atoms with Gasteiger partial charge in [-0.3, -0.25) is 4.79 Å². The highest BCUT2D eigenvalue weighted by Crippen LogP contribution is 2.30. The molecule has 2 atom stereocenters. The van der Waals surface area contributed by atoms with E-state index in [4.69, 9.17) is 4.74 Å². The Kier molecular flexibility index (Phi) is 5.50. The predicted octanol–water partition coefficient (Wildman–Crippen LogP) is 0.877. The fraction of sp³-hybridized carbons (Fsp3) is 0.824. The summed E-state index contributed by atoms with van der Waals surface area (Å²) in [4.78, 5) is 14.7. The monoisotopic (exact) mass is 335 g/mol. The van der Waals surface area contributed by atoms with E-state index < -0.39 is 0 Å². The lowest BCUT2D eigenvalue weighted by Crippen LogP contribution is -2.38. The van der Waals surface area contributed by atoms with Crippen molar-refractivity contribution in [3.8, 4) is 0 Å². The number of aryl methyl sites for hydroxylation is 1. The van der Waals surface area contributed by atoms with E-state index in [0.717, 1.165) is 37.6 Å². The third kappa shape index (κ3) is 3.78. The fourth-order valence-electron chi connectivity index (χ4n) is 3.77. The van der Waals surface area contributed by atoms with Crippen molar-refractivity contribution < 1.29 is 9.53 Å². The van der Waals surface area contributed by atoms with Crippen LogP contribution >= 0.6 is 0 Å². The number of piperidine rings is 1. The minimum absolute atomic E-state index is 0.0146. The molecule has 134 valence electrons. The maximum atomic E-state index is 12.9. The number of hydrogen-bond donors (Lipinski definition) is 1. The van der Waals surface area contributed by atoms with Crippen LogP contribution in [-0.2, 0) is 23.1 Å². The molecule has 1 aromatic rings. The molecule has 0 spiro atoms. The Morgan fingerprint density at radius 1 is 1.33 bits per heavy atom. The van der Waals surface area contributed by atoms with Crippen LogP contribution in [0, 0.1) is 18.8 Å². The Hall–Kier alpha value is -1.47. The van der Waals surface area contributed by atoms with Gasteiger partial charge in [0.05, 0.1) is 18.6 Å². The third-order valence-electron chi connectivity index (χ3n) is 5.49. The van der Waals surface area contributed by atoms with Gasteiger partial charge in [-0.05, 0) is 51.6 Å². The number of ether oxygens (including phenoxy) is 1. The number of nitrogens with zero attached hydrogens (tertiary/aromatic N) is 4. The van der Waals surface area contributed by atoms with Gasteiger partial charge in [0.2, 0.25) is 5.91 Å². The van der Waals surface area contributed by atoms with Gasteiger partial charge in [-0.15, -0.1) is 10.2 Å². The van der Waals surface area contributed by atoms with Crippen molar-refractivity contribution in [3.05, 3.63) is 11.6 Å². The van der Waals surface area contributed by atoms with E-state index in [-0.39, 0.29) is 17.9 Å². The minimum atomic E-state index is -0.0146. The molecule has 3 heterocycles. The lowest BCUT2D eigenvalue weighted by Gasteiger charge is -2.28. The molecule has 0 saturated carbocycles.